The van der Waals surface area contributed by atoms with Crippen LogP contribution in [0.5, 0.6) is 0 Å². The van der Waals surface area contributed by atoms with Crippen molar-refractivity contribution in [2.45, 2.75) is 116 Å². The van der Waals surface area contributed by atoms with Crippen molar-refractivity contribution in [1.82, 2.24) is 0 Å². The zero-order chi connectivity index (χ0) is 20.2. The number of unbranched alkanes of at least 4 members (excludes halogenated alkanes) is 3. The number of allylic oxidation sites excluding steroid dienone is 2. The molecule has 0 heterocycles. The van der Waals surface area contributed by atoms with Gasteiger partial charge in [0.1, 0.15) is 6.17 Å². The summed E-state index contributed by atoms with van der Waals surface area (Å²) in [7, 11) is -0.908. The highest BCUT2D eigenvalue weighted by Crippen LogP contribution is 2.42. The van der Waals surface area contributed by atoms with E-state index in [9.17, 15) is 9.50 Å². The molecule has 1 radical (unpaired) electrons. The lowest BCUT2D eigenvalue weighted by Gasteiger charge is -2.28. The van der Waals surface area contributed by atoms with E-state index in [4.69, 9.17) is 4.43 Å². The Bertz CT molecular complexity index is 402. The molecule has 0 saturated heterocycles. The van der Waals surface area contributed by atoms with E-state index < -0.39 is 15.2 Å². The standard InChI is InChI=1S/C23H44FO2Si/c1-6-8-10-11-12-13-20-19(18(3)17-22(20)25)15-16-23(26-27(4)5)21(24)14-9-7-2/h11-12,18-23,25H,6-10,13-17H2,1-5H3/b12-11-/t18?,19-,20?,21?,22?,23?/m0/s1. The van der Waals surface area contributed by atoms with Crippen molar-refractivity contribution in [2.75, 3.05) is 0 Å². The van der Waals surface area contributed by atoms with Gasteiger partial charge in [-0.1, -0.05) is 58.6 Å². The quantitative estimate of drug-likeness (QED) is 0.200. The maximum Gasteiger partial charge on any atom is 0.205 e. The molecule has 1 rings (SSSR count). The van der Waals surface area contributed by atoms with E-state index in [-0.39, 0.29) is 12.2 Å². The van der Waals surface area contributed by atoms with Crippen LogP contribution in [0.2, 0.25) is 13.1 Å². The summed E-state index contributed by atoms with van der Waals surface area (Å²) in [6, 6.07) is 0. The van der Waals surface area contributed by atoms with E-state index in [0.717, 1.165) is 44.9 Å². The van der Waals surface area contributed by atoms with Gasteiger partial charge in [0.25, 0.3) is 0 Å². The van der Waals surface area contributed by atoms with Crippen LogP contribution in [0.1, 0.15) is 85.0 Å². The normalized spacial score (nSPS) is 28.3. The van der Waals surface area contributed by atoms with Gasteiger partial charge in [-0.25, -0.2) is 4.39 Å². The maximum atomic E-state index is 14.7. The number of halogens is 1. The van der Waals surface area contributed by atoms with Crippen LogP contribution < -0.4 is 0 Å². The Balaban J connectivity index is 2.62. The van der Waals surface area contributed by atoms with Crippen LogP contribution in [0.4, 0.5) is 4.39 Å². The van der Waals surface area contributed by atoms with Crippen molar-refractivity contribution in [2.24, 2.45) is 17.8 Å². The van der Waals surface area contributed by atoms with Crippen molar-refractivity contribution in [3.05, 3.63) is 12.2 Å². The number of aliphatic hydroxyl groups is 1. The monoisotopic (exact) mass is 399 g/mol. The number of aliphatic hydroxyl groups excluding tert-OH is 1. The van der Waals surface area contributed by atoms with Crippen molar-refractivity contribution in [3.8, 4) is 0 Å². The van der Waals surface area contributed by atoms with Crippen molar-refractivity contribution in [3.63, 3.8) is 0 Å². The topological polar surface area (TPSA) is 29.5 Å². The molecular formula is C23H44FO2Si. The van der Waals surface area contributed by atoms with E-state index >= 15 is 0 Å². The molecule has 0 bridgehead atoms. The minimum absolute atomic E-state index is 0.210. The summed E-state index contributed by atoms with van der Waals surface area (Å²) < 4.78 is 20.8. The van der Waals surface area contributed by atoms with Gasteiger partial charge in [-0.05, 0) is 69.4 Å². The fourth-order valence-corrected chi connectivity index (χ4v) is 5.39. The Labute approximate surface area is 169 Å². The Kier molecular flexibility index (Phi) is 12.8. The predicted molar refractivity (Wildman–Crippen MR) is 116 cm³/mol. The van der Waals surface area contributed by atoms with Crippen LogP contribution >= 0.6 is 0 Å². The molecule has 0 spiro atoms. The van der Waals surface area contributed by atoms with E-state index in [2.05, 4.69) is 46.0 Å². The average Bonchev–Trinajstić information content (AvgIpc) is 2.89. The van der Waals surface area contributed by atoms with Gasteiger partial charge in [0.05, 0.1) is 12.2 Å². The third-order valence-corrected chi connectivity index (χ3v) is 6.87. The highest BCUT2D eigenvalue weighted by Gasteiger charge is 2.39. The molecule has 1 saturated carbocycles. The van der Waals surface area contributed by atoms with Crippen molar-refractivity contribution >= 4 is 9.04 Å². The van der Waals surface area contributed by atoms with Crippen LogP contribution in [0.3, 0.4) is 0 Å². The van der Waals surface area contributed by atoms with E-state index in [1.54, 1.807) is 0 Å². The molecule has 0 amide bonds. The lowest BCUT2D eigenvalue weighted by Crippen LogP contribution is -2.31. The van der Waals surface area contributed by atoms with Crippen molar-refractivity contribution in [1.29, 1.82) is 0 Å². The van der Waals surface area contributed by atoms with Gasteiger partial charge >= 0.3 is 0 Å². The third kappa shape index (κ3) is 9.23. The number of rotatable bonds is 14. The molecule has 27 heavy (non-hydrogen) atoms. The molecule has 1 aliphatic rings. The number of alkyl halides is 1. The van der Waals surface area contributed by atoms with Crippen LogP contribution in [0, 0.1) is 17.8 Å². The molecule has 0 aliphatic heterocycles. The molecule has 1 N–H and O–H groups in total. The van der Waals surface area contributed by atoms with Crippen LogP contribution in [0.25, 0.3) is 0 Å². The van der Waals surface area contributed by atoms with E-state index in [1.807, 2.05) is 0 Å². The largest absolute Gasteiger partial charge is 0.411 e. The highest BCUT2D eigenvalue weighted by atomic mass is 28.3. The van der Waals surface area contributed by atoms with Crippen molar-refractivity contribution < 1.29 is 13.9 Å². The minimum atomic E-state index is -0.908. The first-order valence-electron chi connectivity index (χ1n) is 11.3. The van der Waals surface area contributed by atoms with Gasteiger partial charge in [0, 0.05) is 0 Å². The smallest absolute Gasteiger partial charge is 0.205 e. The highest BCUT2D eigenvalue weighted by molar-refractivity contribution is 6.48. The molecule has 6 atom stereocenters. The predicted octanol–water partition coefficient (Wildman–Crippen LogP) is 6.70. The van der Waals surface area contributed by atoms with Crippen LogP contribution in [0.15, 0.2) is 12.2 Å². The molecule has 159 valence electrons. The lowest BCUT2D eigenvalue weighted by molar-refractivity contribution is 0.0697. The van der Waals surface area contributed by atoms with Crippen LogP contribution in [-0.2, 0) is 4.43 Å². The number of hydrogen-bond donors (Lipinski definition) is 1. The molecule has 0 aromatic rings. The van der Waals surface area contributed by atoms with Gasteiger partial charge in [-0.2, -0.15) is 0 Å². The molecule has 2 nitrogen and oxygen atoms in total. The average molecular weight is 400 g/mol. The summed E-state index contributed by atoms with van der Waals surface area (Å²) in [6.07, 6.45) is 13.0. The van der Waals surface area contributed by atoms with Crippen LogP contribution in [-0.4, -0.2) is 32.5 Å². The van der Waals surface area contributed by atoms with E-state index in [1.165, 1.54) is 12.8 Å². The summed E-state index contributed by atoms with van der Waals surface area (Å²) in [5.41, 5.74) is 0. The molecule has 1 fully saturated rings. The second-order valence-electron chi connectivity index (χ2n) is 8.76. The summed E-state index contributed by atoms with van der Waals surface area (Å²) >= 11 is 0. The summed E-state index contributed by atoms with van der Waals surface area (Å²) in [6.45, 7) is 10.8. The molecule has 0 aromatic carbocycles. The SMILES string of the molecule is CCCC/C=C\CC1C(O)CC(C)[C@@H]1CCC(O[Si](C)C)C(F)CCCC. The molecule has 4 heteroatoms. The van der Waals surface area contributed by atoms with Gasteiger partial charge < -0.3 is 9.53 Å². The van der Waals surface area contributed by atoms with Gasteiger partial charge in [0.15, 0.2) is 0 Å². The zero-order valence-corrected chi connectivity index (χ0v) is 19.4. The number of hydrogen-bond acceptors (Lipinski definition) is 2. The summed E-state index contributed by atoms with van der Waals surface area (Å²) in [5, 5.41) is 10.5. The first-order valence-corrected chi connectivity index (χ1v) is 13.7. The first kappa shape index (κ1) is 24.8. The fourth-order valence-electron chi connectivity index (χ4n) is 4.52. The molecule has 5 unspecified atom stereocenters. The Morgan fingerprint density at radius 1 is 1.11 bits per heavy atom. The molecule has 0 aromatic heterocycles. The summed E-state index contributed by atoms with van der Waals surface area (Å²) in [4.78, 5) is 0. The Hall–Kier alpha value is -0.193. The molecule has 1 aliphatic carbocycles. The fraction of sp³-hybridized carbons (Fsp3) is 0.913. The maximum absolute atomic E-state index is 14.7. The summed E-state index contributed by atoms with van der Waals surface area (Å²) in [5.74, 6) is 1.31. The minimum Gasteiger partial charge on any atom is -0.411 e. The third-order valence-electron chi connectivity index (χ3n) is 6.10. The van der Waals surface area contributed by atoms with Gasteiger partial charge in [0.2, 0.25) is 9.04 Å². The van der Waals surface area contributed by atoms with E-state index in [0.29, 0.717) is 24.2 Å². The lowest BCUT2D eigenvalue weighted by atomic mass is 9.83. The first-order chi connectivity index (χ1) is 12.9. The van der Waals surface area contributed by atoms with Gasteiger partial charge in [-0.3, -0.25) is 0 Å². The van der Waals surface area contributed by atoms with Gasteiger partial charge in [-0.15, -0.1) is 0 Å². The Morgan fingerprint density at radius 3 is 2.44 bits per heavy atom. The zero-order valence-electron chi connectivity index (χ0n) is 18.4. The molecular weight excluding hydrogens is 355 g/mol. The second-order valence-corrected chi connectivity index (χ2v) is 10.8. The second kappa shape index (κ2) is 13.9. The Morgan fingerprint density at radius 2 is 1.81 bits per heavy atom.